The summed E-state index contributed by atoms with van der Waals surface area (Å²) in [6, 6.07) is -2.29. The van der Waals surface area contributed by atoms with E-state index < -0.39 is 60.2 Å². The molecule has 1 unspecified atom stereocenters. The van der Waals surface area contributed by atoms with E-state index in [-0.39, 0.29) is 48.1 Å². The van der Waals surface area contributed by atoms with Crippen molar-refractivity contribution in [3.63, 3.8) is 0 Å². The van der Waals surface area contributed by atoms with Gasteiger partial charge in [0, 0.05) is 19.4 Å². The Morgan fingerprint density at radius 1 is 1.31 bits per heavy atom. The summed E-state index contributed by atoms with van der Waals surface area (Å²) in [5, 5.41) is 11.4. The largest absolute Gasteiger partial charge is 1.00 e. The van der Waals surface area contributed by atoms with Gasteiger partial charge in [0.15, 0.2) is 0 Å². The summed E-state index contributed by atoms with van der Waals surface area (Å²) >= 11 is 0. The van der Waals surface area contributed by atoms with Crippen LogP contribution in [0.2, 0.25) is 0 Å². The summed E-state index contributed by atoms with van der Waals surface area (Å²) < 4.78 is 42.9. The maximum Gasteiger partial charge on any atom is 1.00 e. The molecule has 3 aliphatic rings. The molecule has 0 aromatic carbocycles. The number of esters is 1. The van der Waals surface area contributed by atoms with E-state index >= 15 is 0 Å². The Kier molecular flexibility index (Phi) is 5.46. The monoisotopic (exact) mass is 384 g/mol. The number of ether oxygens (including phenoxy) is 1. The Balaban J connectivity index is 0.00000243. The topological polar surface area (TPSA) is 107 Å². The van der Waals surface area contributed by atoms with Crippen LogP contribution in [0.3, 0.4) is 0 Å². The predicted molar refractivity (Wildman–Crippen MR) is 69.0 cm³/mol. The van der Waals surface area contributed by atoms with Gasteiger partial charge in [-0.15, -0.1) is 0 Å². The van der Waals surface area contributed by atoms with Gasteiger partial charge in [-0.2, -0.15) is 13.2 Å². The Bertz CT molecular complexity index is 722. The van der Waals surface area contributed by atoms with Crippen LogP contribution in [0.5, 0.6) is 0 Å². The molecule has 2 amide bonds. The van der Waals surface area contributed by atoms with E-state index in [0.717, 1.165) is 11.8 Å². The Morgan fingerprint density at radius 3 is 2.42 bits per heavy atom. The number of piperidine rings is 1. The van der Waals surface area contributed by atoms with Gasteiger partial charge in [-0.3, -0.25) is 14.4 Å². The van der Waals surface area contributed by atoms with Gasteiger partial charge in [0.1, 0.15) is 12.6 Å². The van der Waals surface area contributed by atoms with Crippen LogP contribution in [-0.2, 0) is 23.9 Å². The number of aliphatic carboxylic acids is 1. The zero-order chi connectivity index (χ0) is 18.7. The third-order valence-electron chi connectivity index (χ3n) is 4.66. The fraction of sp³-hybridized carbons (Fsp3) is 0.571. The summed E-state index contributed by atoms with van der Waals surface area (Å²) in [6.45, 7) is 0.360. The number of carboxylic acids is 1. The zero-order valence-corrected chi connectivity index (χ0v) is 15.8. The molecule has 136 valence electrons. The average molecular weight is 384 g/mol. The average Bonchev–Trinajstić information content (AvgIpc) is 2.82. The van der Waals surface area contributed by atoms with Crippen LogP contribution in [0.4, 0.5) is 13.2 Å². The first-order valence-electron chi connectivity index (χ1n) is 7.34. The van der Waals surface area contributed by atoms with E-state index in [1.165, 1.54) is 0 Å². The first-order chi connectivity index (χ1) is 11.6. The van der Waals surface area contributed by atoms with E-state index in [4.69, 9.17) is 4.74 Å². The Morgan fingerprint density at radius 2 is 1.92 bits per heavy atom. The molecule has 0 saturated carbocycles. The molecular weight excluding hydrogens is 372 g/mol. The molecule has 0 N–H and O–H groups in total. The van der Waals surface area contributed by atoms with Crippen LogP contribution in [0.1, 0.15) is 13.3 Å². The number of hydrogen-bond acceptors (Lipinski definition) is 6. The molecule has 0 spiro atoms. The van der Waals surface area contributed by atoms with Crippen molar-refractivity contribution in [3.8, 4) is 0 Å². The molecule has 3 heterocycles. The molecule has 8 nitrogen and oxygen atoms in total. The van der Waals surface area contributed by atoms with Crippen LogP contribution in [0.15, 0.2) is 11.3 Å². The number of alkyl halides is 3. The summed E-state index contributed by atoms with van der Waals surface area (Å²) in [6.07, 6.45) is -5.11. The second-order valence-corrected chi connectivity index (χ2v) is 5.98. The Hall–Kier alpha value is -1.59. The maximum absolute atomic E-state index is 12.7. The van der Waals surface area contributed by atoms with Crippen molar-refractivity contribution in [2.45, 2.75) is 31.6 Å². The third kappa shape index (κ3) is 3.01. The van der Waals surface area contributed by atoms with Gasteiger partial charge in [0.2, 0.25) is 0 Å². The quantitative estimate of drug-likeness (QED) is 0.276. The Labute approximate surface area is 167 Å². The minimum Gasteiger partial charge on any atom is -0.543 e. The number of nitrogens with zero attached hydrogens (tertiary/aromatic N) is 2. The van der Waals surface area contributed by atoms with Crippen molar-refractivity contribution in [2.24, 2.45) is 5.92 Å². The summed E-state index contributed by atoms with van der Waals surface area (Å²) in [7, 11) is 0. The van der Waals surface area contributed by atoms with E-state index in [9.17, 15) is 37.5 Å². The molecule has 3 atom stereocenters. The third-order valence-corrected chi connectivity index (χ3v) is 4.66. The number of β-lactam (4-membered cyclic amide) rings is 1. The van der Waals surface area contributed by atoms with Gasteiger partial charge in [0.05, 0.1) is 17.7 Å². The number of halogens is 3. The minimum atomic E-state index is -5.13. The van der Waals surface area contributed by atoms with Gasteiger partial charge < -0.3 is 24.4 Å². The maximum atomic E-state index is 12.7. The first kappa shape index (κ1) is 20.7. The zero-order valence-electron chi connectivity index (χ0n) is 13.8. The van der Waals surface area contributed by atoms with E-state index in [2.05, 4.69) is 0 Å². The molecule has 3 aliphatic heterocycles. The van der Waals surface area contributed by atoms with Crippen LogP contribution in [-0.4, -0.2) is 65.0 Å². The second-order valence-electron chi connectivity index (χ2n) is 5.98. The molecular formula is C14H12F3N2NaO6. The smallest absolute Gasteiger partial charge is 0.543 e. The second kappa shape index (κ2) is 6.86. The summed E-state index contributed by atoms with van der Waals surface area (Å²) in [4.78, 5) is 47.4. The van der Waals surface area contributed by atoms with Crippen molar-refractivity contribution in [3.05, 3.63) is 11.3 Å². The van der Waals surface area contributed by atoms with Crippen molar-refractivity contribution in [1.29, 1.82) is 0 Å². The molecule has 2 saturated heterocycles. The molecule has 3 rings (SSSR count). The fourth-order valence-corrected chi connectivity index (χ4v) is 3.75. The van der Waals surface area contributed by atoms with Crippen LogP contribution in [0, 0.1) is 5.92 Å². The van der Waals surface area contributed by atoms with Crippen molar-refractivity contribution < 1.29 is 71.8 Å². The van der Waals surface area contributed by atoms with Crippen LogP contribution >= 0.6 is 0 Å². The molecule has 2 fully saturated rings. The van der Waals surface area contributed by atoms with Crippen LogP contribution < -0.4 is 34.7 Å². The van der Waals surface area contributed by atoms with Gasteiger partial charge in [0.25, 0.3) is 5.91 Å². The first-order valence-corrected chi connectivity index (χ1v) is 7.34. The number of hydrogen-bond donors (Lipinski definition) is 0. The van der Waals surface area contributed by atoms with E-state index in [0.29, 0.717) is 4.90 Å². The number of amides is 2. The fourth-order valence-electron chi connectivity index (χ4n) is 3.75. The summed E-state index contributed by atoms with van der Waals surface area (Å²) in [5.41, 5.74) is -0.367. The van der Waals surface area contributed by atoms with Crippen LogP contribution in [0.25, 0.3) is 0 Å². The van der Waals surface area contributed by atoms with Crippen molar-refractivity contribution in [1.82, 2.24) is 9.80 Å². The number of carboxylic acid groups (broad SMARTS) is 1. The van der Waals surface area contributed by atoms with Crippen molar-refractivity contribution in [2.75, 3.05) is 13.2 Å². The molecule has 0 aromatic heterocycles. The molecule has 0 bridgehead atoms. The summed E-state index contributed by atoms with van der Waals surface area (Å²) in [5.74, 6) is -6.01. The molecule has 0 aromatic rings. The molecule has 26 heavy (non-hydrogen) atoms. The number of carbonyl (C=O) groups is 4. The normalized spacial score (nSPS) is 26.8. The van der Waals surface area contributed by atoms with Gasteiger partial charge in [-0.05, 0) is 12.0 Å². The number of rotatable bonds is 3. The number of likely N-dealkylation sites (tertiary alicyclic amines) is 1. The van der Waals surface area contributed by atoms with Gasteiger partial charge >= 0.3 is 47.6 Å². The van der Waals surface area contributed by atoms with Gasteiger partial charge in [-0.1, -0.05) is 0 Å². The molecule has 0 radical (unpaired) electrons. The van der Waals surface area contributed by atoms with Crippen molar-refractivity contribution >= 4 is 23.8 Å². The van der Waals surface area contributed by atoms with E-state index in [1.807, 2.05) is 0 Å². The standard InChI is InChI=1S/C14H13F3N2O6.Na/c1-5(20)25-4-7-6-2-3-18(13(24)14(15,16)17)10-8(6)19(11(10)21)9(7)12(22)23;/h6,8,10H,2-4H2,1H3,(H,22,23);/q;+1/p-1/t6?,8-,10+;/m1./s1. The van der Waals surface area contributed by atoms with Gasteiger partial charge in [-0.25, -0.2) is 0 Å². The number of carbonyl (C=O) groups excluding carboxylic acids is 4. The van der Waals surface area contributed by atoms with E-state index in [1.54, 1.807) is 0 Å². The molecule has 0 aliphatic carbocycles. The predicted octanol–water partition coefficient (Wildman–Crippen LogP) is -4.44. The SMILES string of the molecule is CC(=O)OCC1=C(C(=O)[O-])N2C(=O)[C@@H]3[C@H]2C1CCN3C(=O)C(F)(F)F.[Na+]. The molecule has 12 heteroatoms. The minimum absolute atomic E-state index is 0.